The molecular weight excluding hydrogens is 242 g/mol. The third kappa shape index (κ3) is 3.73. The predicted molar refractivity (Wildman–Crippen MR) is 80.9 cm³/mol. The summed E-state index contributed by atoms with van der Waals surface area (Å²) in [5.74, 6) is 0. The molecule has 0 bridgehead atoms. The first kappa shape index (κ1) is 14.5. The van der Waals surface area contributed by atoms with Crippen LogP contribution < -0.4 is 5.73 Å². The molecule has 0 aliphatic rings. The molecule has 0 heterocycles. The Labute approximate surface area is 115 Å². The van der Waals surface area contributed by atoms with Crippen LogP contribution >= 0.6 is 12.4 Å². The molecule has 0 spiro atoms. The summed E-state index contributed by atoms with van der Waals surface area (Å²) in [6, 6.07) is 18.6. The minimum Gasteiger partial charge on any atom is -0.324 e. The van der Waals surface area contributed by atoms with E-state index in [1.807, 2.05) is 36.4 Å². The first-order valence-corrected chi connectivity index (χ1v) is 5.81. The number of hydrogen-bond donors (Lipinski definition) is 1. The molecule has 0 radical (unpaired) electrons. The second-order valence-electron chi connectivity index (χ2n) is 4.17. The Hall–Kier alpha value is -1.57. The number of hydrogen-bond acceptors (Lipinski definition) is 1. The fraction of sp³-hybridized carbons (Fsp3) is 0.125. The smallest absolute Gasteiger partial charge is 0.0335 e. The van der Waals surface area contributed by atoms with Crippen molar-refractivity contribution in [3.63, 3.8) is 0 Å². The highest BCUT2D eigenvalue weighted by molar-refractivity contribution is 5.85. The lowest BCUT2D eigenvalue weighted by atomic mass is 9.99. The van der Waals surface area contributed by atoms with Crippen LogP contribution in [0.3, 0.4) is 0 Å². The largest absolute Gasteiger partial charge is 0.324 e. The summed E-state index contributed by atoms with van der Waals surface area (Å²) < 4.78 is 0. The van der Waals surface area contributed by atoms with E-state index in [9.17, 15) is 0 Å². The summed E-state index contributed by atoms with van der Waals surface area (Å²) >= 11 is 0. The van der Waals surface area contributed by atoms with Crippen LogP contribution in [0.4, 0.5) is 0 Å². The number of benzene rings is 2. The van der Waals surface area contributed by atoms with Crippen LogP contribution in [0.15, 0.2) is 61.2 Å². The van der Waals surface area contributed by atoms with E-state index in [4.69, 9.17) is 5.73 Å². The second-order valence-corrected chi connectivity index (χ2v) is 4.17. The summed E-state index contributed by atoms with van der Waals surface area (Å²) in [6.07, 6.45) is 2.71. The van der Waals surface area contributed by atoms with Gasteiger partial charge >= 0.3 is 0 Å². The molecule has 18 heavy (non-hydrogen) atoms. The lowest BCUT2D eigenvalue weighted by Gasteiger charge is -2.12. The molecule has 94 valence electrons. The topological polar surface area (TPSA) is 26.0 Å². The Kier molecular flexibility index (Phi) is 5.63. The Morgan fingerprint density at radius 2 is 1.61 bits per heavy atom. The minimum absolute atomic E-state index is 0. The second kappa shape index (κ2) is 7.00. The molecule has 1 nitrogen and oxygen atoms in total. The Bertz CT molecular complexity index is 476. The molecule has 0 saturated carbocycles. The van der Waals surface area contributed by atoms with Crippen LogP contribution in [0, 0.1) is 0 Å². The van der Waals surface area contributed by atoms with Crippen molar-refractivity contribution in [2.24, 2.45) is 5.73 Å². The van der Waals surface area contributed by atoms with Gasteiger partial charge in [0.15, 0.2) is 0 Å². The van der Waals surface area contributed by atoms with Gasteiger partial charge in [0.05, 0.1) is 0 Å². The van der Waals surface area contributed by atoms with E-state index >= 15 is 0 Å². The normalized spacial score (nSPS) is 11.4. The molecular formula is C16H18ClN. The minimum atomic E-state index is 0. The zero-order valence-electron chi connectivity index (χ0n) is 10.3. The Morgan fingerprint density at radius 1 is 1.00 bits per heavy atom. The van der Waals surface area contributed by atoms with E-state index in [1.165, 1.54) is 11.1 Å². The molecule has 2 heteroatoms. The molecule has 1 atom stereocenters. The zero-order valence-corrected chi connectivity index (χ0v) is 11.1. The van der Waals surface area contributed by atoms with E-state index in [1.54, 1.807) is 0 Å². The molecule has 2 rings (SSSR count). The maximum Gasteiger partial charge on any atom is 0.0335 e. The molecule has 0 aliphatic carbocycles. The Morgan fingerprint density at radius 3 is 2.17 bits per heavy atom. The first-order valence-electron chi connectivity index (χ1n) is 5.81. The number of halogens is 1. The van der Waals surface area contributed by atoms with Crippen LogP contribution in [-0.4, -0.2) is 0 Å². The van der Waals surface area contributed by atoms with Crippen molar-refractivity contribution in [2.75, 3.05) is 0 Å². The van der Waals surface area contributed by atoms with E-state index in [0.717, 1.165) is 12.0 Å². The number of nitrogens with two attached hydrogens (primary N) is 1. The van der Waals surface area contributed by atoms with Gasteiger partial charge in [-0.1, -0.05) is 67.3 Å². The van der Waals surface area contributed by atoms with Crippen LogP contribution in [-0.2, 0) is 6.42 Å². The third-order valence-electron chi connectivity index (χ3n) is 2.90. The maximum absolute atomic E-state index is 6.19. The van der Waals surface area contributed by atoms with Gasteiger partial charge < -0.3 is 5.73 Å². The lowest BCUT2D eigenvalue weighted by molar-refractivity contribution is 0.722. The van der Waals surface area contributed by atoms with Gasteiger partial charge in [-0.25, -0.2) is 0 Å². The Balaban J connectivity index is 0.00000162. The highest BCUT2D eigenvalue weighted by atomic mass is 35.5. The van der Waals surface area contributed by atoms with Crippen LogP contribution in [0.2, 0.25) is 0 Å². The summed E-state index contributed by atoms with van der Waals surface area (Å²) in [7, 11) is 0. The van der Waals surface area contributed by atoms with Gasteiger partial charge in [0.25, 0.3) is 0 Å². The first-order chi connectivity index (χ1) is 8.29. The van der Waals surface area contributed by atoms with Gasteiger partial charge in [-0.2, -0.15) is 0 Å². The van der Waals surface area contributed by atoms with Gasteiger partial charge in [0.1, 0.15) is 0 Å². The van der Waals surface area contributed by atoms with Gasteiger partial charge in [0.2, 0.25) is 0 Å². The van der Waals surface area contributed by atoms with Crippen molar-refractivity contribution in [1.29, 1.82) is 0 Å². The van der Waals surface area contributed by atoms with Crippen molar-refractivity contribution in [3.05, 3.63) is 77.9 Å². The SMILES string of the molecule is C=Cc1ccc(C(N)Cc2ccccc2)cc1.Cl. The summed E-state index contributed by atoms with van der Waals surface area (Å²) in [5.41, 5.74) is 9.76. The molecule has 0 aromatic heterocycles. The molecule has 2 N–H and O–H groups in total. The summed E-state index contributed by atoms with van der Waals surface area (Å²) in [4.78, 5) is 0. The van der Waals surface area contributed by atoms with E-state index in [2.05, 4.69) is 30.8 Å². The number of rotatable bonds is 4. The monoisotopic (exact) mass is 259 g/mol. The highest BCUT2D eigenvalue weighted by Crippen LogP contribution is 2.16. The molecule has 0 fully saturated rings. The fourth-order valence-corrected chi connectivity index (χ4v) is 1.87. The van der Waals surface area contributed by atoms with Crippen molar-refractivity contribution in [3.8, 4) is 0 Å². The highest BCUT2D eigenvalue weighted by Gasteiger charge is 2.06. The van der Waals surface area contributed by atoms with Crippen molar-refractivity contribution < 1.29 is 0 Å². The van der Waals surface area contributed by atoms with E-state index in [-0.39, 0.29) is 18.4 Å². The average Bonchev–Trinajstić information content (AvgIpc) is 2.40. The predicted octanol–water partition coefficient (Wildman–Crippen LogP) is 3.99. The molecule has 0 aliphatic heterocycles. The van der Waals surface area contributed by atoms with Gasteiger partial charge in [-0.15, -0.1) is 12.4 Å². The van der Waals surface area contributed by atoms with Gasteiger partial charge in [0, 0.05) is 6.04 Å². The molecule has 0 amide bonds. The van der Waals surface area contributed by atoms with Crippen molar-refractivity contribution in [2.45, 2.75) is 12.5 Å². The lowest BCUT2D eigenvalue weighted by Crippen LogP contribution is -2.13. The summed E-state index contributed by atoms with van der Waals surface area (Å²) in [6.45, 7) is 3.74. The van der Waals surface area contributed by atoms with Crippen LogP contribution in [0.25, 0.3) is 6.08 Å². The fourth-order valence-electron chi connectivity index (χ4n) is 1.87. The molecule has 2 aromatic rings. The standard InChI is InChI=1S/C16H17N.ClH/c1-2-13-8-10-15(11-9-13)16(17)12-14-6-4-3-5-7-14;/h2-11,16H,1,12,17H2;1H. The van der Waals surface area contributed by atoms with Gasteiger partial charge in [-0.05, 0) is 23.1 Å². The summed E-state index contributed by atoms with van der Waals surface area (Å²) in [5, 5.41) is 0. The zero-order chi connectivity index (χ0) is 12.1. The van der Waals surface area contributed by atoms with E-state index < -0.39 is 0 Å². The maximum atomic E-state index is 6.19. The third-order valence-corrected chi connectivity index (χ3v) is 2.90. The van der Waals surface area contributed by atoms with Gasteiger partial charge in [-0.3, -0.25) is 0 Å². The van der Waals surface area contributed by atoms with Crippen molar-refractivity contribution >= 4 is 18.5 Å². The van der Waals surface area contributed by atoms with Crippen molar-refractivity contribution in [1.82, 2.24) is 0 Å². The molecule has 1 unspecified atom stereocenters. The van der Waals surface area contributed by atoms with Crippen LogP contribution in [0.1, 0.15) is 22.7 Å². The quantitative estimate of drug-likeness (QED) is 0.883. The molecule has 0 saturated heterocycles. The van der Waals surface area contributed by atoms with E-state index in [0.29, 0.717) is 0 Å². The van der Waals surface area contributed by atoms with Crippen LogP contribution in [0.5, 0.6) is 0 Å². The molecule has 2 aromatic carbocycles. The average molecular weight is 260 g/mol.